The molecule has 0 N–H and O–H groups in total. The third-order valence-corrected chi connectivity index (χ3v) is 3.21. The van der Waals surface area contributed by atoms with Crippen LogP contribution < -0.4 is 4.74 Å². The normalized spacial score (nSPS) is 15.4. The molecule has 1 aromatic carbocycles. The molecule has 1 fully saturated rings. The van der Waals surface area contributed by atoms with E-state index < -0.39 is 0 Å². The molecule has 1 aliphatic rings. The molecule has 2 aromatic rings. The number of methoxy groups -OCH3 is 1. The molecule has 0 bridgehead atoms. The Hall–Kier alpha value is -1.35. The number of benzene rings is 1. The fraction of sp³-hybridized carbons (Fsp3) is 0.333. The lowest BCUT2D eigenvalue weighted by molar-refractivity contribution is 0.415. The van der Waals surface area contributed by atoms with Gasteiger partial charge in [0.1, 0.15) is 5.75 Å². The van der Waals surface area contributed by atoms with Gasteiger partial charge in [0.15, 0.2) is 5.15 Å². The first-order chi connectivity index (χ1) is 7.79. The van der Waals surface area contributed by atoms with E-state index in [1.807, 2.05) is 18.2 Å². The number of nitrogens with zero attached hydrogens (tertiary/aromatic N) is 2. The van der Waals surface area contributed by atoms with Crippen molar-refractivity contribution in [1.82, 2.24) is 10.2 Å². The Balaban J connectivity index is 2.27. The minimum absolute atomic E-state index is 0.443. The van der Waals surface area contributed by atoms with E-state index in [9.17, 15) is 0 Å². The predicted octanol–water partition coefficient (Wildman–Crippen LogP) is 3.17. The Bertz CT molecular complexity index is 552. The van der Waals surface area contributed by atoms with Crippen LogP contribution in [0.4, 0.5) is 0 Å². The Kier molecular flexibility index (Phi) is 2.21. The molecule has 0 aliphatic heterocycles. The average Bonchev–Trinajstić information content (AvgIpc) is 3.13. The fourth-order valence-electron chi connectivity index (χ4n) is 1.91. The Morgan fingerprint density at radius 3 is 2.75 bits per heavy atom. The van der Waals surface area contributed by atoms with Crippen molar-refractivity contribution in [2.75, 3.05) is 7.11 Å². The maximum atomic E-state index is 6.05. The van der Waals surface area contributed by atoms with E-state index in [1.165, 1.54) is 12.8 Å². The highest BCUT2D eigenvalue weighted by Gasteiger charge is 2.27. The van der Waals surface area contributed by atoms with Crippen molar-refractivity contribution in [1.29, 1.82) is 0 Å². The van der Waals surface area contributed by atoms with E-state index in [1.54, 1.807) is 7.11 Å². The first-order valence-electron chi connectivity index (χ1n) is 5.29. The van der Waals surface area contributed by atoms with Crippen LogP contribution in [0.1, 0.15) is 24.5 Å². The third kappa shape index (κ3) is 1.52. The molecular formula is C12H11ClN2O. The van der Waals surface area contributed by atoms with Gasteiger partial charge in [-0.05, 0) is 31.0 Å². The van der Waals surface area contributed by atoms with Crippen LogP contribution in [0.3, 0.4) is 0 Å². The molecular weight excluding hydrogens is 224 g/mol. The van der Waals surface area contributed by atoms with Crippen LogP contribution >= 0.6 is 11.6 Å². The number of rotatable bonds is 2. The van der Waals surface area contributed by atoms with Gasteiger partial charge < -0.3 is 4.74 Å². The van der Waals surface area contributed by atoms with E-state index >= 15 is 0 Å². The first kappa shape index (κ1) is 9.85. The third-order valence-electron chi connectivity index (χ3n) is 2.93. The summed E-state index contributed by atoms with van der Waals surface area (Å²) in [7, 11) is 1.64. The van der Waals surface area contributed by atoms with Crippen molar-refractivity contribution in [3.05, 3.63) is 29.0 Å². The number of halogens is 1. The molecule has 0 radical (unpaired) electrons. The van der Waals surface area contributed by atoms with E-state index in [0.717, 1.165) is 22.2 Å². The minimum Gasteiger partial charge on any atom is -0.497 e. The lowest BCUT2D eigenvalue weighted by Crippen LogP contribution is -1.94. The fourth-order valence-corrected chi connectivity index (χ4v) is 2.10. The molecule has 1 saturated carbocycles. The maximum absolute atomic E-state index is 6.05. The minimum atomic E-state index is 0.443. The van der Waals surface area contributed by atoms with Crippen LogP contribution in [0.2, 0.25) is 5.15 Å². The van der Waals surface area contributed by atoms with Gasteiger partial charge in [0.25, 0.3) is 0 Å². The van der Waals surface area contributed by atoms with Gasteiger partial charge in [-0.2, -0.15) is 5.10 Å². The molecule has 3 rings (SSSR count). The second kappa shape index (κ2) is 3.59. The van der Waals surface area contributed by atoms with Gasteiger partial charge in [-0.15, -0.1) is 5.10 Å². The Morgan fingerprint density at radius 2 is 2.06 bits per heavy atom. The van der Waals surface area contributed by atoms with Gasteiger partial charge >= 0.3 is 0 Å². The Labute approximate surface area is 98.4 Å². The molecule has 0 unspecified atom stereocenters. The molecule has 0 spiro atoms. The van der Waals surface area contributed by atoms with Crippen LogP contribution in [0.15, 0.2) is 18.2 Å². The molecule has 82 valence electrons. The average molecular weight is 235 g/mol. The summed E-state index contributed by atoms with van der Waals surface area (Å²) in [5.41, 5.74) is 1.07. The largest absolute Gasteiger partial charge is 0.497 e. The van der Waals surface area contributed by atoms with E-state index in [-0.39, 0.29) is 0 Å². The molecule has 1 aliphatic carbocycles. The molecule has 1 aromatic heterocycles. The summed E-state index contributed by atoms with van der Waals surface area (Å²) in [5.74, 6) is 1.37. The van der Waals surface area contributed by atoms with Crippen molar-refractivity contribution in [3.63, 3.8) is 0 Å². The zero-order valence-electron chi connectivity index (χ0n) is 8.90. The van der Waals surface area contributed by atoms with E-state index in [2.05, 4.69) is 10.2 Å². The zero-order chi connectivity index (χ0) is 11.1. The predicted molar refractivity (Wildman–Crippen MR) is 63.1 cm³/mol. The highest BCUT2D eigenvalue weighted by Crippen LogP contribution is 2.42. The number of fused-ring (bicyclic) bond motifs is 1. The smallest absolute Gasteiger partial charge is 0.159 e. The summed E-state index contributed by atoms with van der Waals surface area (Å²) in [6.45, 7) is 0. The second-order valence-corrected chi connectivity index (χ2v) is 4.42. The highest BCUT2D eigenvalue weighted by molar-refractivity contribution is 6.34. The summed E-state index contributed by atoms with van der Waals surface area (Å²) in [4.78, 5) is 0. The molecule has 3 nitrogen and oxygen atoms in total. The number of ether oxygens (including phenoxy) is 1. The van der Waals surface area contributed by atoms with Crippen molar-refractivity contribution in [2.45, 2.75) is 18.8 Å². The van der Waals surface area contributed by atoms with Crippen LogP contribution in [0, 0.1) is 0 Å². The van der Waals surface area contributed by atoms with Gasteiger partial charge in [0, 0.05) is 16.7 Å². The topological polar surface area (TPSA) is 35.0 Å². The van der Waals surface area contributed by atoms with Crippen molar-refractivity contribution in [3.8, 4) is 5.75 Å². The van der Waals surface area contributed by atoms with Crippen molar-refractivity contribution < 1.29 is 4.74 Å². The summed E-state index contributed by atoms with van der Waals surface area (Å²) < 4.78 is 5.19. The van der Waals surface area contributed by atoms with Crippen LogP contribution in [0.25, 0.3) is 10.8 Å². The summed E-state index contributed by atoms with van der Waals surface area (Å²) in [6.07, 6.45) is 2.41. The lowest BCUT2D eigenvalue weighted by Gasteiger charge is -2.06. The van der Waals surface area contributed by atoms with Crippen LogP contribution in [-0.4, -0.2) is 17.3 Å². The molecule has 0 atom stereocenters. The summed E-state index contributed by atoms with van der Waals surface area (Å²) in [5, 5.41) is 10.7. The molecule has 16 heavy (non-hydrogen) atoms. The van der Waals surface area contributed by atoms with E-state index in [4.69, 9.17) is 16.3 Å². The summed E-state index contributed by atoms with van der Waals surface area (Å²) in [6, 6.07) is 5.87. The Morgan fingerprint density at radius 1 is 1.25 bits per heavy atom. The molecule has 1 heterocycles. The highest BCUT2D eigenvalue weighted by atomic mass is 35.5. The lowest BCUT2D eigenvalue weighted by atomic mass is 10.1. The molecule has 4 heteroatoms. The standard InChI is InChI=1S/C12H11ClN2O/c1-16-8-4-5-9-10(6-8)12(13)15-14-11(9)7-2-3-7/h4-7H,2-3H2,1H3. The van der Waals surface area contributed by atoms with Gasteiger partial charge in [-0.1, -0.05) is 11.6 Å². The second-order valence-electron chi connectivity index (χ2n) is 4.06. The number of aromatic nitrogens is 2. The number of hydrogen-bond donors (Lipinski definition) is 0. The van der Waals surface area contributed by atoms with Gasteiger partial charge in [0.05, 0.1) is 12.8 Å². The zero-order valence-corrected chi connectivity index (χ0v) is 9.66. The van der Waals surface area contributed by atoms with Crippen molar-refractivity contribution >= 4 is 22.4 Å². The van der Waals surface area contributed by atoms with Crippen molar-refractivity contribution in [2.24, 2.45) is 0 Å². The van der Waals surface area contributed by atoms with Crippen LogP contribution in [0.5, 0.6) is 5.75 Å². The first-order valence-corrected chi connectivity index (χ1v) is 5.67. The van der Waals surface area contributed by atoms with Gasteiger partial charge in [-0.25, -0.2) is 0 Å². The van der Waals surface area contributed by atoms with Gasteiger partial charge in [-0.3, -0.25) is 0 Å². The van der Waals surface area contributed by atoms with Crippen LogP contribution in [-0.2, 0) is 0 Å². The quantitative estimate of drug-likeness (QED) is 0.801. The summed E-state index contributed by atoms with van der Waals surface area (Å²) >= 11 is 6.05. The SMILES string of the molecule is COc1ccc2c(C3CC3)nnc(Cl)c2c1. The number of hydrogen-bond acceptors (Lipinski definition) is 3. The monoisotopic (exact) mass is 234 g/mol. The van der Waals surface area contributed by atoms with E-state index in [0.29, 0.717) is 11.1 Å². The maximum Gasteiger partial charge on any atom is 0.159 e. The molecule has 0 amide bonds. The molecule has 0 saturated heterocycles. The van der Waals surface area contributed by atoms with Gasteiger partial charge in [0.2, 0.25) is 0 Å².